The van der Waals surface area contributed by atoms with Crippen LogP contribution in [0.15, 0.2) is 0 Å². The van der Waals surface area contributed by atoms with Gasteiger partial charge >= 0.3 is 0 Å². The van der Waals surface area contributed by atoms with E-state index in [4.69, 9.17) is 0 Å². The first-order chi connectivity index (χ1) is 14.0. The van der Waals surface area contributed by atoms with Crippen LogP contribution < -0.4 is 10.6 Å². The van der Waals surface area contributed by atoms with Gasteiger partial charge in [0.15, 0.2) is 0 Å². The minimum Gasteiger partial charge on any atom is -0.355 e. The topological polar surface area (TPSA) is 98.8 Å². The van der Waals surface area contributed by atoms with Crippen LogP contribution in [-0.4, -0.2) is 71.7 Å². The fourth-order valence-electron chi connectivity index (χ4n) is 4.01. The number of nitrogens with zero attached hydrogens (tertiary/aromatic N) is 2. The van der Waals surface area contributed by atoms with Crippen LogP contribution in [-0.2, 0) is 19.2 Å². The second-order valence-corrected chi connectivity index (χ2v) is 8.77. The van der Waals surface area contributed by atoms with Crippen molar-refractivity contribution in [3.05, 3.63) is 0 Å². The number of carbonyl (C=O) groups is 4. The van der Waals surface area contributed by atoms with Crippen LogP contribution in [0.25, 0.3) is 0 Å². The predicted molar refractivity (Wildman–Crippen MR) is 117 cm³/mol. The lowest BCUT2D eigenvalue weighted by molar-refractivity contribution is -0.143. The Bertz CT molecular complexity index is 546. The van der Waals surface area contributed by atoms with Crippen molar-refractivity contribution >= 4 is 23.6 Å². The molecule has 8 heteroatoms. The molecule has 0 spiro atoms. The van der Waals surface area contributed by atoms with Crippen LogP contribution in [0.4, 0.5) is 0 Å². The molecule has 1 fully saturated rings. The van der Waals surface area contributed by atoms with E-state index in [9.17, 15) is 19.2 Å². The zero-order chi connectivity index (χ0) is 22.8. The predicted octanol–water partition coefficient (Wildman–Crippen LogP) is 1.54. The van der Waals surface area contributed by atoms with Gasteiger partial charge in [-0.15, -0.1) is 0 Å². The average molecular weight is 425 g/mol. The summed E-state index contributed by atoms with van der Waals surface area (Å²) in [4.78, 5) is 51.9. The largest absolute Gasteiger partial charge is 0.355 e. The summed E-state index contributed by atoms with van der Waals surface area (Å²) in [6.45, 7) is 12.8. The minimum absolute atomic E-state index is 0.0656. The quantitative estimate of drug-likeness (QED) is 0.556. The Labute approximate surface area is 181 Å². The SMILES string of the molecule is CC(=O)NCCN(C(=O)C1CCC(C(=O)N(CCNC(C)=O)C(C)C)CC1)C(C)C. The summed E-state index contributed by atoms with van der Waals surface area (Å²) in [5.74, 6) is -0.0988. The van der Waals surface area contributed by atoms with Crippen LogP contribution >= 0.6 is 0 Å². The first kappa shape index (κ1) is 25.9. The smallest absolute Gasteiger partial charge is 0.225 e. The molecule has 1 aliphatic rings. The summed E-state index contributed by atoms with van der Waals surface area (Å²) in [6.07, 6.45) is 2.82. The summed E-state index contributed by atoms with van der Waals surface area (Å²) in [5, 5.41) is 5.50. The van der Waals surface area contributed by atoms with Crippen molar-refractivity contribution in [2.45, 2.75) is 79.3 Å². The summed E-state index contributed by atoms with van der Waals surface area (Å²) in [6, 6.07) is 0.131. The molecule has 1 saturated carbocycles. The number of nitrogens with one attached hydrogen (secondary N) is 2. The van der Waals surface area contributed by atoms with Gasteiger partial charge in [0.1, 0.15) is 0 Å². The van der Waals surface area contributed by atoms with Crippen molar-refractivity contribution in [1.29, 1.82) is 0 Å². The van der Waals surface area contributed by atoms with Gasteiger partial charge in [0.2, 0.25) is 23.6 Å². The Morgan fingerprint density at radius 3 is 1.23 bits per heavy atom. The maximum absolute atomic E-state index is 13.0. The third-order valence-electron chi connectivity index (χ3n) is 5.69. The molecule has 30 heavy (non-hydrogen) atoms. The second-order valence-electron chi connectivity index (χ2n) is 8.77. The van der Waals surface area contributed by atoms with Gasteiger partial charge in [0.05, 0.1) is 0 Å². The summed E-state index contributed by atoms with van der Waals surface area (Å²) >= 11 is 0. The molecular formula is C22H40N4O4. The fraction of sp³-hybridized carbons (Fsp3) is 0.818. The van der Waals surface area contributed by atoms with Crippen LogP contribution in [0.5, 0.6) is 0 Å². The van der Waals surface area contributed by atoms with E-state index < -0.39 is 0 Å². The highest BCUT2D eigenvalue weighted by molar-refractivity contribution is 5.82. The molecular weight excluding hydrogens is 384 g/mol. The van der Waals surface area contributed by atoms with Gasteiger partial charge in [0.25, 0.3) is 0 Å². The first-order valence-corrected chi connectivity index (χ1v) is 11.1. The van der Waals surface area contributed by atoms with Crippen LogP contribution in [0.1, 0.15) is 67.2 Å². The van der Waals surface area contributed by atoms with Gasteiger partial charge in [-0.3, -0.25) is 19.2 Å². The third kappa shape index (κ3) is 8.32. The Hall–Kier alpha value is -2.12. The van der Waals surface area contributed by atoms with Gasteiger partial charge < -0.3 is 20.4 Å². The second kappa shape index (κ2) is 12.5. The Morgan fingerprint density at radius 1 is 0.700 bits per heavy atom. The Balaban J connectivity index is 2.62. The van der Waals surface area contributed by atoms with Crippen LogP contribution in [0, 0.1) is 11.8 Å². The maximum atomic E-state index is 13.0. The van der Waals surface area contributed by atoms with Gasteiger partial charge in [-0.2, -0.15) is 0 Å². The van der Waals surface area contributed by atoms with E-state index in [0.29, 0.717) is 51.9 Å². The summed E-state index contributed by atoms with van der Waals surface area (Å²) in [5.41, 5.74) is 0. The maximum Gasteiger partial charge on any atom is 0.225 e. The Morgan fingerprint density at radius 2 is 1.00 bits per heavy atom. The minimum atomic E-state index is -0.0987. The van der Waals surface area contributed by atoms with Gasteiger partial charge in [0, 0.05) is 63.9 Å². The van der Waals surface area contributed by atoms with E-state index in [2.05, 4.69) is 10.6 Å². The van der Waals surface area contributed by atoms with E-state index in [-0.39, 0.29) is 47.5 Å². The highest BCUT2D eigenvalue weighted by Crippen LogP contribution is 2.32. The number of amides is 4. The van der Waals surface area contributed by atoms with Gasteiger partial charge in [-0.05, 0) is 53.4 Å². The average Bonchev–Trinajstić information content (AvgIpc) is 2.66. The lowest BCUT2D eigenvalue weighted by Gasteiger charge is -2.36. The molecule has 0 heterocycles. The zero-order valence-electron chi connectivity index (χ0n) is 19.5. The van der Waals surface area contributed by atoms with Crippen molar-refractivity contribution in [2.24, 2.45) is 11.8 Å². The third-order valence-corrected chi connectivity index (χ3v) is 5.69. The van der Waals surface area contributed by atoms with Crippen molar-refractivity contribution in [1.82, 2.24) is 20.4 Å². The van der Waals surface area contributed by atoms with Gasteiger partial charge in [-0.1, -0.05) is 0 Å². The zero-order valence-corrected chi connectivity index (χ0v) is 19.5. The lowest BCUT2D eigenvalue weighted by atomic mass is 9.80. The highest BCUT2D eigenvalue weighted by Gasteiger charge is 2.34. The van der Waals surface area contributed by atoms with Crippen molar-refractivity contribution in [2.75, 3.05) is 26.2 Å². The molecule has 172 valence electrons. The Kier molecular flexibility index (Phi) is 10.8. The molecule has 0 bridgehead atoms. The highest BCUT2D eigenvalue weighted by atomic mass is 16.2. The summed E-state index contributed by atoms with van der Waals surface area (Å²) < 4.78 is 0. The molecule has 0 radical (unpaired) electrons. The van der Waals surface area contributed by atoms with Crippen molar-refractivity contribution < 1.29 is 19.2 Å². The summed E-state index contributed by atoms with van der Waals surface area (Å²) in [7, 11) is 0. The molecule has 8 nitrogen and oxygen atoms in total. The first-order valence-electron chi connectivity index (χ1n) is 11.1. The molecule has 0 aromatic rings. The molecule has 1 rings (SSSR count). The molecule has 0 saturated heterocycles. The lowest BCUT2D eigenvalue weighted by Crippen LogP contribution is -2.47. The van der Waals surface area contributed by atoms with Crippen LogP contribution in [0.2, 0.25) is 0 Å². The van der Waals surface area contributed by atoms with E-state index in [0.717, 1.165) is 0 Å². The monoisotopic (exact) mass is 424 g/mol. The fourth-order valence-corrected chi connectivity index (χ4v) is 4.01. The molecule has 0 atom stereocenters. The van der Waals surface area contributed by atoms with Crippen molar-refractivity contribution in [3.63, 3.8) is 0 Å². The molecule has 0 aromatic carbocycles. The molecule has 4 amide bonds. The number of hydrogen-bond donors (Lipinski definition) is 2. The van der Waals surface area contributed by atoms with Crippen LogP contribution in [0.3, 0.4) is 0 Å². The molecule has 0 aromatic heterocycles. The van der Waals surface area contributed by atoms with E-state index in [1.807, 2.05) is 37.5 Å². The van der Waals surface area contributed by atoms with E-state index >= 15 is 0 Å². The van der Waals surface area contributed by atoms with E-state index in [1.165, 1.54) is 13.8 Å². The molecule has 0 aliphatic heterocycles. The molecule has 0 unspecified atom stereocenters. The number of carbonyl (C=O) groups excluding carboxylic acids is 4. The van der Waals surface area contributed by atoms with Crippen molar-refractivity contribution in [3.8, 4) is 0 Å². The molecule has 1 aliphatic carbocycles. The standard InChI is InChI=1S/C22H40N4O4/c1-15(2)25(13-11-23-17(5)27)21(29)19-7-9-20(10-8-19)22(30)26(16(3)4)14-12-24-18(6)28/h15-16,19-20H,7-14H2,1-6H3,(H,23,27)(H,24,28). The van der Waals surface area contributed by atoms with Gasteiger partial charge in [-0.25, -0.2) is 0 Å². The number of hydrogen-bond acceptors (Lipinski definition) is 4. The molecule has 2 N–H and O–H groups in total. The van der Waals surface area contributed by atoms with E-state index in [1.54, 1.807) is 0 Å². The number of rotatable bonds is 10. The normalized spacial score (nSPS) is 18.8.